The molecule has 2 atom stereocenters. The van der Waals surface area contributed by atoms with E-state index in [2.05, 4.69) is 41.7 Å². The number of ether oxygens (including phenoxy) is 4. The molecular formula is C46H47ClN2O10. The normalized spacial score (nSPS) is 17.4. The van der Waals surface area contributed by atoms with Gasteiger partial charge in [0.1, 0.15) is 25.3 Å². The highest BCUT2D eigenvalue weighted by atomic mass is 35.5. The monoisotopic (exact) mass is 822 g/mol. The molecule has 4 aromatic rings. The summed E-state index contributed by atoms with van der Waals surface area (Å²) >= 11 is 5.25. The Balaban J connectivity index is 0.000000165. The first-order valence-corrected chi connectivity index (χ1v) is 20.1. The third-order valence-corrected chi connectivity index (χ3v) is 10.4. The Kier molecular flexibility index (Phi) is 13.8. The second-order valence-corrected chi connectivity index (χ2v) is 15.3. The Hall–Kier alpha value is -6.01. The van der Waals surface area contributed by atoms with Crippen molar-refractivity contribution in [3.63, 3.8) is 0 Å². The van der Waals surface area contributed by atoms with E-state index >= 15 is 0 Å². The Morgan fingerprint density at radius 1 is 0.627 bits per heavy atom. The lowest BCUT2D eigenvalue weighted by Crippen LogP contribution is -2.44. The van der Waals surface area contributed by atoms with Crippen LogP contribution in [0.15, 0.2) is 97.1 Å². The zero-order valence-electron chi connectivity index (χ0n) is 33.4. The zero-order valence-corrected chi connectivity index (χ0v) is 34.1. The summed E-state index contributed by atoms with van der Waals surface area (Å²) in [7, 11) is 0. The number of carbonyl (C=O) groups is 6. The van der Waals surface area contributed by atoms with Gasteiger partial charge >= 0.3 is 23.5 Å². The van der Waals surface area contributed by atoms with Crippen LogP contribution in [-0.4, -0.2) is 77.7 Å². The molecule has 2 aliphatic heterocycles. The van der Waals surface area contributed by atoms with Crippen molar-refractivity contribution in [2.75, 3.05) is 13.2 Å². The predicted molar refractivity (Wildman–Crippen MR) is 219 cm³/mol. The zero-order chi connectivity index (χ0) is 42.2. The molecule has 0 radical (unpaired) electrons. The number of hydrogen-bond donors (Lipinski definition) is 1. The number of esters is 2. The number of nitrogens with one attached hydrogen (secondary N) is 1. The second kappa shape index (κ2) is 19.2. The van der Waals surface area contributed by atoms with E-state index in [1.807, 2.05) is 60.7 Å². The molecule has 2 fully saturated rings. The number of carbonyl (C=O) groups excluding carboxylic acids is 6. The summed E-state index contributed by atoms with van der Waals surface area (Å²) in [6.07, 6.45) is 0.149. The van der Waals surface area contributed by atoms with Crippen molar-refractivity contribution in [1.29, 1.82) is 0 Å². The number of fused-ring (bicyclic) bond motifs is 6. The number of hydrogen-bond acceptors (Lipinski definition) is 10. The Labute approximate surface area is 348 Å². The molecule has 8 rings (SSSR count). The van der Waals surface area contributed by atoms with Crippen LogP contribution in [0.3, 0.4) is 0 Å². The molecule has 4 aliphatic rings. The SMILES string of the molecule is CC(C)OC(=O)[C@@H]1CCC(=O)N1.CC(C)OC(=O)[C@@H]1CCC(=O)N1C(=O)OCC1c2ccccc2-c2ccccc21.O=C(Cl)OCC1c2ccccc2-c2ccccc21. The van der Waals surface area contributed by atoms with Crippen molar-refractivity contribution in [3.8, 4) is 22.3 Å². The maximum atomic E-state index is 12.7. The van der Waals surface area contributed by atoms with Gasteiger partial charge in [0.15, 0.2) is 0 Å². The van der Waals surface area contributed by atoms with Crippen molar-refractivity contribution in [3.05, 3.63) is 119 Å². The fourth-order valence-electron chi connectivity index (χ4n) is 7.80. The van der Waals surface area contributed by atoms with Gasteiger partial charge in [-0.25, -0.2) is 24.1 Å². The highest BCUT2D eigenvalue weighted by Crippen LogP contribution is 2.45. The van der Waals surface area contributed by atoms with Gasteiger partial charge in [-0.3, -0.25) is 9.59 Å². The quantitative estimate of drug-likeness (QED) is 0.104. The average molecular weight is 823 g/mol. The summed E-state index contributed by atoms with van der Waals surface area (Å²) in [6.45, 7) is 7.42. The maximum absolute atomic E-state index is 12.7. The van der Waals surface area contributed by atoms with Crippen LogP contribution in [-0.2, 0) is 38.1 Å². The molecular weight excluding hydrogens is 776 g/mol. The Bertz CT molecular complexity index is 2130. The maximum Gasteiger partial charge on any atom is 0.417 e. The van der Waals surface area contributed by atoms with Crippen LogP contribution in [0.4, 0.5) is 9.59 Å². The number of halogens is 1. The summed E-state index contributed by atoms with van der Waals surface area (Å²) in [5.74, 6) is -1.39. The van der Waals surface area contributed by atoms with E-state index in [0.717, 1.165) is 27.2 Å². The lowest BCUT2D eigenvalue weighted by molar-refractivity contribution is -0.154. The minimum atomic E-state index is -0.916. The van der Waals surface area contributed by atoms with E-state index < -0.39 is 35.5 Å². The van der Waals surface area contributed by atoms with Gasteiger partial charge in [0.2, 0.25) is 11.8 Å². The molecule has 12 nitrogen and oxygen atoms in total. The number of likely N-dealkylation sites (tertiary alicyclic amines) is 1. The number of nitrogens with zero attached hydrogens (tertiary/aromatic N) is 1. The van der Waals surface area contributed by atoms with Gasteiger partial charge < -0.3 is 24.3 Å². The van der Waals surface area contributed by atoms with Crippen LogP contribution >= 0.6 is 11.6 Å². The van der Waals surface area contributed by atoms with Gasteiger partial charge in [-0.2, -0.15) is 0 Å². The van der Waals surface area contributed by atoms with Crippen LogP contribution in [0.25, 0.3) is 22.3 Å². The first kappa shape index (κ1) is 42.6. The van der Waals surface area contributed by atoms with Gasteiger partial charge in [-0.05, 0) is 85.0 Å². The lowest BCUT2D eigenvalue weighted by atomic mass is 9.98. The third kappa shape index (κ3) is 10.00. The summed E-state index contributed by atoms with van der Waals surface area (Å²) in [4.78, 5) is 70.8. The van der Waals surface area contributed by atoms with Gasteiger partial charge in [-0.15, -0.1) is 0 Å². The van der Waals surface area contributed by atoms with Crippen LogP contribution in [0.2, 0.25) is 0 Å². The molecule has 13 heteroatoms. The third-order valence-electron chi connectivity index (χ3n) is 10.3. The van der Waals surface area contributed by atoms with E-state index in [4.69, 9.17) is 30.5 Å². The Morgan fingerprint density at radius 2 is 1.05 bits per heavy atom. The number of benzene rings is 4. The van der Waals surface area contributed by atoms with E-state index in [0.29, 0.717) is 12.8 Å². The lowest BCUT2D eigenvalue weighted by Gasteiger charge is -2.23. The van der Waals surface area contributed by atoms with Crippen LogP contribution in [0.1, 0.15) is 87.5 Å². The molecule has 0 unspecified atom stereocenters. The number of rotatable bonds is 8. The second-order valence-electron chi connectivity index (χ2n) is 15.0. The summed E-state index contributed by atoms with van der Waals surface area (Å²) in [6, 6.07) is 31.1. The van der Waals surface area contributed by atoms with Crippen LogP contribution < -0.4 is 5.32 Å². The standard InChI is InChI=1S/C23H23NO5.C15H11ClO2.C8H13NO3/c1-14(2)29-22(26)20-11-12-21(25)24(20)23(27)28-13-19-17-9-5-3-7-15(17)16-8-4-6-10-18(16)19;16-15(17)18-9-14-12-7-3-1-5-10(12)11-6-2-4-8-13(11)14;1-5(2)12-8(11)6-3-4-7(10)9-6/h3-10,14,19-20H,11-13H2,1-2H3;1-8,14H,9H2;5-6H,3-4H2,1-2H3,(H,9,10)/t20-;;6-/m0.0/s1. The van der Waals surface area contributed by atoms with Gasteiger partial charge in [0.05, 0.1) is 12.2 Å². The van der Waals surface area contributed by atoms with Crippen molar-refractivity contribution < 1.29 is 47.7 Å². The Morgan fingerprint density at radius 3 is 1.46 bits per heavy atom. The summed E-state index contributed by atoms with van der Waals surface area (Å²) in [5, 5.41) is 2.55. The molecule has 59 heavy (non-hydrogen) atoms. The van der Waals surface area contributed by atoms with E-state index in [1.54, 1.807) is 27.7 Å². The number of amides is 3. The van der Waals surface area contributed by atoms with E-state index in [9.17, 15) is 28.8 Å². The average Bonchev–Trinajstić information content (AvgIpc) is 3.98. The first-order chi connectivity index (χ1) is 28.3. The first-order valence-electron chi connectivity index (χ1n) is 19.7. The predicted octanol–water partition coefficient (Wildman–Crippen LogP) is 8.27. The van der Waals surface area contributed by atoms with Gasteiger partial charge in [0, 0.05) is 36.3 Å². The number of imide groups is 1. The van der Waals surface area contributed by atoms with Gasteiger partial charge in [-0.1, -0.05) is 97.1 Å². The minimum absolute atomic E-state index is 0.0688. The van der Waals surface area contributed by atoms with Crippen molar-refractivity contribution in [1.82, 2.24) is 10.2 Å². The van der Waals surface area contributed by atoms with E-state index in [-0.39, 0.29) is 62.0 Å². The van der Waals surface area contributed by atoms with Gasteiger partial charge in [0.25, 0.3) is 0 Å². The fraction of sp³-hybridized carbons (Fsp3) is 0.348. The van der Waals surface area contributed by atoms with Crippen molar-refractivity contribution in [2.45, 2.75) is 89.5 Å². The highest BCUT2D eigenvalue weighted by molar-refractivity contribution is 6.61. The molecule has 2 heterocycles. The molecule has 0 bridgehead atoms. The molecule has 3 amide bonds. The smallest absolute Gasteiger partial charge is 0.417 e. The van der Waals surface area contributed by atoms with Crippen LogP contribution in [0, 0.1) is 0 Å². The van der Waals surface area contributed by atoms with Crippen molar-refractivity contribution >= 4 is 46.9 Å². The molecule has 2 saturated heterocycles. The molecule has 0 aromatic heterocycles. The van der Waals surface area contributed by atoms with Crippen molar-refractivity contribution in [2.24, 2.45) is 0 Å². The fourth-order valence-corrected chi connectivity index (χ4v) is 7.87. The summed E-state index contributed by atoms with van der Waals surface area (Å²) < 4.78 is 20.6. The molecule has 0 spiro atoms. The highest BCUT2D eigenvalue weighted by Gasteiger charge is 2.43. The molecule has 0 saturated carbocycles. The minimum Gasteiger partial charge on any atom is -0.461 e. The summed E-state index contributed by atoms with van der Waals surface area (Å²) in [5.41, 5.74) is 8.48. The topological polar surface area (TPSA) is 155 Å². The molecule has 1 N–H and O–H groups in total. The molecule has 4 aromatic carbocycles. The molecule has 2 aliphatic carbocycles. The molecule has 308 valence electrons. The van der Waals surface area contributed by atoms with E-state index in [1.165, 1.54) is 22.3 Å². The van der Waals surface area contributed by atoms with Crippen LogP contribution in [0.5, 0.6) is 0 Å². The largest absolute Gasteiger partial charge is 0.461 e.